The maximum atomic E-state index is 9.33. The van der Waals surface area contributed by atoms with Crippen molar-refractivity contribution in [2.75, 3.05) is 33.3 Å². The maximum Gasteiger partial charge on any atom is 0.397 e. The van der Waals surface area contributed by atoms with Crippen molar-refractivity contribution in [2.45, 2.75) is 6.42 Å². The minimum absolute atomic E-state index is 0.870. The standard InChI is InChI=1S/C9H16N2.CH4O4S/c1-2-5-10-6-9-11-7-3-4-8-11;1-5-6(2,3)4/h2-3,7,10H,1,4-6,8-9H2;1H3,(H,2,3,4). The molecule has 0 aromatic carbocycles. The normalized spacial score (nSPS) is 14.4. The third-order valence-electron chi connectivity index (χ3n) is 1.97. The van der Waals surface area contributed by atoms with Crippen molar-refractivity contribution < 1.29 is 17.2 Å². The summed E-state index contributed by atoms with van der Waals surface area (Å²) in [5.74, 6) is 0. The molecule has 17 heavy (non-hydrogen) atoms. The van der Waals surface area contributed by atoms with Crippen LogP contribution in [0.1, 0.15) is 6.42 Å². The van der Waals surface area contributed by atoms with E-state index < -0.39 is 10.4 Å². The summed E-state index contributed by atoms with van der Waals surface area (Å²) < 4.78 is 29.7. The van der Waals surface area contributed by atoms with Crippen LogP contribution in [0.2, 0.25) is 0 Å². The molecule has 0 bridgehead atoms. The van der Waals surface area contributed by atoms with Gasteiger partial charge in [0.1, 0.15) is 0 Å². The van der Waals surface area contributed by atoms with Crippen molar-refractivity contribution >= 4 is 10.4 Å². The summed E-state index contributed by atoms with van der Waals surface area (Å²) in [7, 11) is -3.29. The van der Waals surface area contributed by atoms with Crippen molar-refractivity contribution in [1.82, 2.24) is 10.2 Å². The van der Waals surface area contributed by atoms with Crippen molar-refractivity contribution in [3.05, 3.63) is 24.9 Å². The molecule has 0 atom stereocenters. The molecule has 0 aromatic rings. The Hall–Kier alpha value is -0.890. The lowest BCUT2D eigenvalue weighted by molar-refractivity contribution is 0.324. The molecular formula is C10H20N2O4S. The highest BCUT2D eigenvalue weighted by molar-refractivity contribution is 7.80. The highest BCUT2D eigenvalue weighted by Gasteiger charge is 2.01. The van der Waals surface area contributed by atoms with Crippen LogP contribution in [0, 0.1) is 0 Å². The molecule has 0 amide bonds. The molecule has 6 nitrogen and oxygen atoms in total. The van der Waals surface area contributed by atoms with Gasteiger partial charge in [0.25, 0.3) is 0 Å². The number of nitrogens with zero attached hydrogens (tertiary/aromatic N) is 1. The first-order valence-electron chi connectivity index (χ1n) is 5.25. The van der Waals surface area contributed by atoms with E-state index in [2.05, 4.69) is 33.3 Å². The van der Waals surface area contributed by atoms with Crippen LogP contribution in [-0.4, -0.2) is 51.2 Å². The van der Waals surface area contributed by atoms with Gasteiger partial charge in [0.2, 0.25) is 0 Å². The highest BCUT2D eigenvalue weighted by atomic mass is 32.3. The van der Waals surface area contributed by atoms with Gasteiger partial charge < -0.3 is 10.2 Å². The van der Waals surface area contributed by atoms with Gasteiger partial charge in [-0.25, -0.2) is 0 Å². The minimum Gasteiger partial charge on any atom is -0.376 e. The predicted octanol–water partition coefficient (Wildman–Crippen LogP) is 0.417. The Morgan fingerprint density at radius 2 is 2.29 bits per heavy atom. The van der Waals surface area contributed by atoms with Crippen LogP contribution in [0.15, 0.2) is 24.9 Å². The lowest BCUT2D eigenvalue weighted by Crippen LogP contribution is -2.27. The van der Waals surface area contributed by atoms with Crippen LogP contribution in [0.25, 0.3) is 0 Å². The van der Waals surface area contributed by atoms with E-state index in [0.717, 1.165) is 26.7 Å². The lowest BCUT2D eigenvalue weighted by atomic mass is 10.4. The van der Waals surface area contributed by atoms with E-state index in [1.165, 1.54) is 13.0 Å². The van der Waals surface area contributed by atoms with Crippen LogP contribution < -0.4 is 5.32 Å². The van der Waals surface area contributed by atoms with Crippen LogP contribution in [0.4, 0.5) is 0 Å². The summed E-state index contributed by atoms with van der Waals surface area (Å²) in [5.41, 5.74) is 0. The average molecular weight is 264 g/mol. The summed E-state index contributed by atoms with van der Waals surface area (Å²) in [4.78, 5) is 2.33. The van der Waals surface area contributed by atoms with E-state index in [4.69, 9.17) is 4.55 Å². The van der Waals surface area contributed by atoms with Crippen LogP contribution in [0.3, 0.4) is 0 Å². The first-order chi connectivity index (χ1) is 7.99. The molecule has 0 radical (unpaired) electrons. The van der Waals surface area contributed by atoms with Gasteiger partial charge in [-0.15, -0.1) is 6.58 Å². The highest BCUT2D eigenvalue weighted by Crippen LogP contribution is 2.01. The van der Waals surface area contributed by atoms with E-state index >= 15 is 0 Å². The fourth-order valence-corrected chi connectivity index (χ4v) is 1.15. The van der Waals surface area contributed by atoms with E-state index in [0.29, 0.717) is 0 Å². The molecule has 1 rings (SSSR count). The largest absolute Gasteiger partial charge is 0.397 e. The first kappa shape index (κ1) is 16.1. The van der Waals surface area contributed by atoms with E-state index in [-0.39, 0.29) is 0 Å². The molecule has 0 aromatic heterocycles. The smallest absolute Gasteiger partial charge is 0.376 e. The number of nitrogens with one attached hydrogen (secondary N) is 1. The second-order valence-corrected chi connectivity index (χ2v) is 4.49. The van der Waals surface area contributed by atoms with Crippen LogP contribution >= 0.6 is 0 Å². The van der Waals surface area contributed by atoms with Gasteiger partial charge in [-0.1, -0.05) is 12.2 Å². The van der Waals surface area contributed by atoms with Gasteiger partial charge in [-0.2, -0.15) is 8.42 Å². The number of rotatable bonds is 6. The molecule has 1 aliphatic heterocycles. The van der Waals surface area contributed by atoms with Gasteiger partial charge in [-0.05, 0) is 12.6 Å². The van der Waals surface area contributed by atoms with Crippen LogP contribution in [-0.2, 0) is 14.6 Å². The quantitative estimate of drug-likeness (QED) is 0.411. The Labute approximate surface area is 103 Å². The van der Waals surface area contributed by atoms with Crippen molar-refractivity contribution in [3.8, 4) is 0 Å². The fourth-order valence-electron chi connectivity index (χ4n) is 1.15. The van der Waals surface area contributed by atoms with E-state index in [1.54, 1.807) is 0 Å². The Morgan fingerprint density at radius 3 is 2.71 bits per heavy atom. The van der Waals surface area contributed by atoms with Gasteiger partial charge in [0.05, 0.1) is 7.11 Å². The summed E-state index contributed by atoms with van der Waals surface area (Å²) >= 11 is 0. The predicted molar refractivity (Wildman–Crippen MR) is 67.0 cm³/mol. The Kier molecular flexibility index (Phi) is 8.69. The zero-order valence-corrected chi connectivity index (χ0v) is 10.8. The molecule has 0 fully saturated rings. The number of hydrogen-bond donors (Lipinski definition) is 2. The second kappa shape index (κ2) is 9.17. The molecule has 100 valence electrons. The molecule has 2 N–H and O–H groups in total. The topological polar surface area (TPSA) is 78.9 Å². The Bertz CT molecular complexity index is 327. The van der Waals surface area contributed by atoms with Gasteiger partial charge in [-0.3, -0.25) is 8.74 Å². The fraction of sp³-hybridized carbons (Fsp3) is 0.600. The van der Waals surface area contributed by atoms with E-state index in [9.17, 15) is 8.42 Å². The van der Waals surface area contributed by atoms with Crippen molar-refractivity contribution in [2.24, 2.45) is 0 Å². The first-order valence-corrected chi connectivity index (χ1v) is 6.61. The molecule has 0 saturated heterocycles. The summed E-state index contributed by atoms with van der Waals surface area (Å²) in [6, 6.07) is 0. The lowest BCUT2D eigenvalue weighted by Gasteiger charge is -2.14. The minimum atomic E-state index is -4.16. The molecular weight excluding hydrogens is 244 g/mol. The third-order valence-corrected chi connectivity index (χ3v) is 2.40. The zero-order valence-electron chi connectivity index (χ0n) is 10.0. The molecule has 1 aliphatic rings. The Balaban J connectivity index is 0.000000366. The van der Waals surface area contributed by atoms with E-state index in [1.807, 2.05) is 6.08 Å². The molecule has 0 saturated carbocycles. The van der Waals surface area contributed by atoms with Gasteiger partial charge in [0.15, 0.2) is 0 Å². The molecule has 0 spiro atoms. The molecule has 0 aliphatic carbocycles. The van der Waals surface area contributed by atoms with Crippen LogP contribution in [0.5, 0.6) is 0 Å². The number of hydrogen-bond acceptors (Lipinski definition) is 5. The van der Waals surface area contributed by atoms with Crippen molar-refractivity contribution in [3.63, 3.8) is 0 Å². The average Bonchev–Trinajstić information content (AvgIpc) is 2.77. The second-order valence-electron chi connectivity index (χ2n) is 3.30. The monoisotopic (exact) mass is 264 g/mol. The molecule has 7 heteroatoms. The van der Waals surface area contributed by atoms with Crippen molar-refractivity contribution in [1.29, 1.82) is 0 Å². The molecule has 0 unspecified atom stereocenters. The zero-order chi connectivity index (χ0) is 13.1. The summed E-state index contributed by atoms with van der Waals surface area (Å²) in [6.45, 7) is 7.91. The summed E-state index contributed by atoms with van der Waals surface area (Å²) in [6.07, 6.45) is 7.49. The SMILES string of the molecule is C=CCNCCN1C=CCC1.COS(=O)(=O)O. The maximum absolute atomic E-state index is 9.33. The van der Waals surface area contributed by atoms with Gasteiger partial charge >= 0.3 is 10.4 Å². The Morgan fingerprint density at radius 1 is 1.65 bits per heavy atom. The molecule has 1 heterocycles. The summed E-state index contributed by atoms with van der Waals surface area (Å²) in [5, 5.41) is 3.27. The van der Waals surface area contributed by atoms with Gasteiger partial charge in [0, 0.05) is 26.2 Å². The third kappa shape index (κ3) is 11.4.